The van der Waals surface area contributed by atoms with Gasteiger partial charge >= 0.3 is 5.97 Å². The summed E-state index contributed by atoms with van der Waals surface area (Å²) in [4.78, 5) is 35.4. The van der Waals surface area contributed by atoms with Gasteiger partial charge in [0.15, 0.2) is 0 Å². The number of amides is 2. The minimum absolute atomic E-state index is 0.219. The van der Waals surface area contributed by atoms with Crippen LogP contribution in [0.2, 0.25) is 0 Å². The van der Waals surface area contributed by atoms with Crippen molar-refractivity contribution in [2.24, 2.45) is 11.5 Å². The van der Waals surface area contributed by atoms with Crippen molar-refractivity contribution in [2.75, 3.05) is 13.7 Å². The molecule has 7 heteroatoms. The lowest BCUT2D eigenvalue weighted by molar-refractivity contribution is -0.151. The molecule has 1 aliphatic rings. The van der Waals surface area contributed by atoms with E-state index in [0.29, 0.717) is 13.0 Å². The first kappa shape index (κ1) is 13.4. The molecule has 4 N–H and O–H groups in total. The Morgan fingerprint density at radius 2 is 2.12 bits per heavy atom. The summed E-state index contributed by atoms with van der Waals surface area (Å²) in [5.41, 5.74) is 10.5. The highest BCUT2D eigenvalue weighted by Crippen LogP contribution is 2.19. The smallest absolute Gasteiger partial charge is 0.328 e. The molecule has 1 saturated heterocycles. The third kappa shape index (κ3) is 3.16. The van der Waals surface area contributed by atoms with Gasteiger partial charge in [-0.05, 0) is 12.8 Å². The molecular formula is C10H17N3O4. The van der Waals surface area contributed by atoms with E-state index in [1.807, 2.05) is 0 Å². The molecule has 0 spiro atoms. The minimum Gasteiger partial charge on any atom is -0.467 e. The van der Waals surface area contributed by atoms with Crippen molar-refractivity contribution in [3.8, 4) is 0 Å². The maximum absolute atomic E-state index is 11.9. The second-order valence-corrected chi connectivity index (χ2v) is 3.99. The molecule has 0 aromatic heterocycles. The van der Waals surface area contributed by atoms with Crippen LogP contribution in [0.5, 0.6) is 0 Å². The number of nitrogens with two attached hydrogens (primary N) is 2. The number of likely N-dealkylation sites (tertiary alicyclic amines) is 1. The van der Waals surface area contributed by atoms with Crippen LogP contribution in [-0.2, 0) is 19.1 Å². The number of carbonyl (C=O) groups is 3. The SMILES string of the molecule is COC(=O)[C@@H]1CCCN1C(=O)[C@@H](N)CC(N)=O. The summed E-state index contributed by atoms with van der Waals surface area (Å²) in [5.74, 6) is -1.53. The van der Waals surface area contributed by atoms with Crippen LogP contribution in [0.15, 0.2) is 0 Å². The zero-order chi connectivity index (χ0) is 13.0. The fraction of sp³-hybridized carbons (Fsp3) is 0.700. The Labute approximate surface area is 99.1 Å². The molecule has 0 aromatic carbocycles. The van der Waals surface area contributed by atoms with Crippen molar-refractivity contribution in [2.45, 2.75) is 31.3 Å². The number of esters is 1. The van der Waals surface area contributed by atoms with Gasteiger partial charge in [-0.3, -0.25) is 9.59 Å². The molecule has 7 nitrogen and oxygen atoms in total. The zero-order valence-corrected chi connectivity index (χ0v) is 9.72. The Morgan fingerprint density at radius 1 is 1.47 bits per heavy atom. The lowest BCUT2D eigenvalue weighted by atomic mass is 10.1. The molecule has 2 amide bonds. The van der Waals surface area contributed by atoms with Gasteiger partial charge < -0.3 is 21.1 Å². The first-order chi connectivity index (χ1) is 7.97. The monoisotopic (exact) mass is 243 g/mol. The highest BCUT2D eigenvalue weighted by Gasteiger charge is 2.36. The summed E-state index contributed by atoms with van der Waals surface area (Å²) in [5, 5.41) is 0. The zero-order valence-electron chi connectivity index (χ0n) is 9.72. The highest BCUT2D eigenvalue weighted by molar-refractivity contribution is 5.91. The van der Waals surface area contributed by atoms with E-state index >= 15 is 0 Å². The molecule has 0 aromatic rings. The van der Waals surface area contributed by atoms with Gasteiger partial charge in [0.1, 0.15) is 6.04 Å². The molecule has 1 fully saturated rings. The normalized spacial score (nSPS) is 21.1. The summed E-state index contributed by atoms with van der Waals surface area (Å²) >= 11 is 0. The highest BCUT2D eigenvalue weighted by atomic mass is 16.5. The summed E-state index contributed by atoms with van der Waals surface area (Å²) in [6.07, 6.45) is 1.06. The standard InChI is InChI=1S/C10H17N3O4/c1-17-10(16)7-3-2-4-13(7)9(15)6(11)5-8(12)14/h6-7H,2-5,11H2,1H3,(H2,12,14)/t6-,7-/m0/s1. The number of ether oxygens (including phenoxy) is 1. The van der Waals surface area contributed by atoms with Crippen LogP contribution in [-0.4, -0.2) is 48.4 Å². The van der Waals surface area contributed by atoms with Gasteiger partial charge in [-0.15, -0.1) is 0 Å². The molecule has 0 radical (unpaired) electrons. The largest absolute Gasteiger partial charge is 0.467 e. The van der Waals surface area contributed by atoms with Crippen LogP contribution in [0.25, 0.3) is 0 Å². The van der Waals surface area contributed by atoms with Gasteiger partial charge in [-0.25, -0.2) is 4.79 Å². The maximum Gasteiger partial charge on any atom is 0.328 e. The molecule has 0 saturated carbocycles. The summed E-state index contributed by atoms with van der Waals surface area (Å²) in [6, 6.07) is -1.58. The van der Waals surface area contributed by atoms with Gasteiger partial charge in [0, 0.05) is 6.54 Å². The van der Waals surface area contributed by atoms with Crippen LogP contribution < -0.4 is 11.5 Å². The molecule has 17 heavy (non-hydrogen) atoms. The van der Waals surface area contributed by atoms with E-state index in [1.54, 1.807) is 0 Å². The third-order valence-corrected chi connectivity index (χ3v) is 2.75. The number of hydrogen-bond acceptors (Lipinski definition) is 5. The second-order valence-electron chi connectivity index (χ2n) is 3.99. The molecule has 0 bridgehead atoms. The Balaban J connectivity index is 2.67. The number of primary amides is 1. The van der Waals surface area contributed by atoms with Gasteiger partial charge in [0.05, 0.1) is 19.6 Å². The van der Waals surface area contributed by atoms with Crippen molar-refractivity contribution < 1.29 is 19.1 Å². The molecule has 96 valence electrons. The molecular weight excluding hydrogens is 226 g/mol. The van der Waals surface area contributed by atoms with Crippen LogP contribution in [0.1, 0.15) is 19.3 Å². The molecule has 0 unspecified atom stereocenters. The third-order valence-electron chi connectivity index (χ3n) is 2.75. The quantitative estimate of drug-likeness (QED) is 0.574. The first-order valence-electron chi connectivity index (χ1n) is 5.39. The second kappa shape index (κ2) is 5.62. The molecule has 1 aliphatic heterocycles. The first-order valence-corrected chi connectivity index (χ1v) is 5.39. The summed E-state index contributed by atoms with van der Waals surface area (Å²) < 4.78 is 4.61. The molecule has 1 rings (SSSR count). The van der Waals surface area contributed by atoms with E-state index < -0.39 is 29.9 Å². The van der Waals surface area contributed by atoms with Crippen LogP contribution in [0.4, 0.5) is 0 Å². The van der Waals surface area contributed by atoms with Crippen molar-refractivity contribution in [1.82, 2.24) is 4.90 Å². The molecule has 0 aliphatic carbocycles. The van der Waals surface area contributed by atoms with Crippen molar-refractivity contribution in [3.05, 3.63) is 0 Å². The Morgan fingerprint density at radius 3 is 2.65 bits per heavy atom. The number of hydrogen-bond donors (Lipinski definition) is 2. The lowest BCUT2D eigenvalue weighted by Crippen LogP contribution is -2.49. The van der Waals surface area contributed by atoms with E-state index in [1.165, 1.54) is 12.0 Å². The summed E-state index contributed by atoms with van der Waals surface area (Å²) in [6.45, 7) is 0.449. The van der Waals surface area contributed by atoms with Gasteiger partial charge in [-0.2, -0.15) is 0 Å². The van der Waals surface area contributed by atoms with Crippen molar-refractivity contribution in [1.29, 1.82) is 0 Å². The van der Waals surface area contributed by atoms with Crippen LogP contribution in [0, 0.1) is 0 Å². The van der Waals surface area contributed by atoms with E-state index in [9.17, 15) is 14.4 Å². The fourth-order valence-corrected chi connectivity index (χ4v) is 1.93. The average Bonchev–Trinajstić information content (AvgIpc) is 2.74. The maximum atomic E-state index is 11.9. The van der Waals surface area contributed by atoms with E-state index in [4.69, 9.17) is 11.5 Å². The Kier molecular flexibility index (Phi) is 4.45. The Bertz CT molecular complexity index is 332. The average molecular weight is 243 g/mol. The van der Waals surface area contributed by atoms with Gasteiger partial charge in [-0.1, -0.05) is 0 Å². The minimum atomic E-state index is -0.988. The number of methoxy groups -OCH3 is 1. The van der Waals surface area contributed by atoms with E-state index in [2.05, 4.69) is 4.74 Å². The number of carbonyl (C=O) groups excluding carboxylic acids is 3. The van der Waals surface area contributed by atoms with Crippen molar-refractivity contribution in [3.63, 3.8) is 0 Å². The van der Waals surface area contributed by atoms with E-state index in [0.717, 1.165) is 6.42 Å². The predicted molar refractivity (Wildman–Crippen MR) is 58.5 cm³/mol. The van der Waals surface area contributed by atoms with Gasteiger partial charge in [0.25, 0.3) is 0 Å². The molecule has 2 atom stereocenters. The Hall–Kier alpha value is -1.63. The van der Waals surface area contributed by atoms with E-state index in [-0.39, 0.29) is 6.42 Å². The number of rotatable bonds is 4. The van der Waals surface area contributed by atoms with Crippen LogP contribution >= 0.6 is 0 Å². The lowest BCUT2D eigenvalue weighted by Gasteiger charge is -2.25. The topological polar surface area (TPSA) is 116 Å². The predicted octanol–water partition coefficient (Wildman–Crippen LogP) is -1.65. The van der Waals surface area contributed by atoms with Crippen molar-refractivity contribution >= 4 is 17.8 Å². The van der Waals surface area contributed by atoms with Crippen LogP contribution in [0.3, 0.4) is 0 Å². The molecule has 1 heterocycles. The number of nitrogens with zero attached hydrogens (tertiary/aromatic N) is 1. The van der Waals surface area contributed by atoms with Gasteiger partial charge in [0.2, 0.25) is 11.8 Å². The summed E-state index contributed by atoms with van der Waals surface area (Å²) in [7, 11) is 1.27. The fourth-order valence-electron chi connectivity index (χ4n) is 1.93.